The summed E-state index contributed by atoms with van der Waals surface area (Å²) < 4.78 is 13.5. The van der Waals surface area contributed by atoms with Gasteiger partial charge in [-0.25, -0.2) is 0 Å². The van der Waals surface area contributed by atoms with Gasteiger partial charge in [-0.2, -0.15) is 0 Å². The maximum absolute atomic E-state index is 6.75. The Labute approximate surface area is 615 Å². The standard InChI is InChI=1S/C52H35NO.C50H33NO/c1-3-13-38(14-4-1)47-23-11-25-49-50-26-12-24-48(52(50)54-51(47)49)41-18-9-17-40(35-41)36-27-31-43(32-28-36)53(42-19-5-2-6-20-42)44-33-29-39(30-34-44)46-22-10-16-37-15-7-8-21-45(37)46;1-2-13-37(14-3-1)43-23-11-25-45-46-26-12-24-44(50(46)52-49(43)45)39-20-8-19-38(33-39)34-29-31-40(32-30-34)51(47-27-9-17-35-15-4-6-21-41(35)47)48-28-10-18-36-16-5-7-22-42(36)48/h1-35H;1-33H. The molecule has 0 aliphatic heterocycles. The van der Waals surface area contributed by atoms with E-state index in [1.165, 1.54) is 43.4 Å². The van der Waals surface area contributed by atoms with Crippen molar-refractivity contribution in [1.29, 1.82) is 0 Å². The van der Waals surface area contributed by atoms with Gasteiger partial charge in [-0.3, -0.25) is 0 Å². The Morgan fingerprint density at radius 1 is 0.151 bits per heavy atom. The van der Waals surface area contributed by atoms with Crippen molar-refractivity contribution < 1.29 is 8.83 Å². The molecule has 0 amide bonds. The van der Waals surface area contributed by atoms with Crippen LogP contribution in [0.15, 0.2) is 421 Å². The fourth-order valence-corrected chi connectivity index (χ4v) is 15.6. The molecule has 0 spiro atoms. The number of hydrogen-bond donors (Lipinski definition) is 0. The average molecular weight is 1350 g/mol. The largest absolute Gasteiger partial charge is 0.455 e. The van der Waals surface area contributed by atoms with Gasteiger partial charge in [0.15, 0.2) is 0 Å². The Morgan fingerprint density at radius 2 is 0.415 bits per heavy atom. The number of para-hydroxylation sites is 5. The van der Waals surface area contributed by atoms with Crippen LogP contribution in [-0.4, -0.2) is 0 Å². The molecule has 2 aromatic heterocycles. The monoisotopic (exact) mass is 1350 g/mol. The van der Waals surface area contributed by atoms with E-state index in [1.54, 1.807) is 0 Å². The predicted octanol–water partition coefficient (Wildman–Crippen LogP) is 29.2. The molecule has 20 rings (SSSR count). The van der Waals surface area contributed by atoms with Crippen molar-refractivity contribution in [3.63, 3.8) is 0 Å². The van der Waals surface area contributed by atoms with Crippen LogP contribution in [0, 0.1) is 0 Å². The Balaban J connectivity index is 0.000000145. The lowest BCUT2D eigenvalue weighted by Gasteiger charge is -2.28. The maximum atomic E-state index is 6.75. The molecule has 498 valence electrons. The molecular weight excluding hydrogens is 1290 g/mol. The molecule has 106 heavy (non-hydrogen) atoms. The molecule has 0 radical (unpaired) electrons. The molecule has 0 saturated carbocycles. The third-order valence-corrected chi connectivity index (χ3v) is 20.7. The number of hydrogen-bond acceptors (Lipinski definition) is 4. The molecule has 0 aliphatic rings. The molecule has 18 aromatic carbocycles. The topological polar surface area (TPSA) is 32.8 Å². The van der Waals surface area contributed by atoms with Crippen LogP contribution in [-0.2, 0) is 0 Å². The number of benzene rings is 18. The van der Waals surface area contributed by atoms with Gasteiger partial charge in [0.05, 0.1) is 11.4 Å². The normalized spacial score (nSPS) is 11.4. The lowest BCUT2D eigenvalue weighted by molar-refractivity contribution is 0.670. The van der Waals surface area contributed by atoms with Gasteiger partial charge in [-0.15, -0.1) is 0 Å². The minimum Gasteiger partial charge on any atom is -0.455 e. The molecular formula is C102H68N2O2. The van der Waals surface area contributed by atoms with Crippen LogP contribution in [0.25, 0.3) is 154 Å². The van der Waals surface area contributed by atoms with Crippen molar-refractivity contribution in [2.24, 2.45) is 0 Å². The minimum absolute atomic E-state index is 0.911. The molecule has 0 fully saturated rings. The van der Waals surface area contributed by atoms with E-state index in [1.807, 2.05) is 12.1 Å². The first-order valence-corrected chi connectivity index (χ1v) is 36.2. The van der Waals surface area contributed by atoms with Gasteiger partial charge >= 0.3 is 0 Å². The number of furan rings is 2. The van der Waals surface area contributed by atoms with E-state index >= 15 is 0 Å². The van der Waals surface area contributed by atoms with E-state index in [9.17, 15) is 0 Å². The SMILES string of the molecule is c1ccc(-c2cccc3c2oc2c(-c4cccc(-c5ccc(N(c6cccc7ccccc67)c6cccc7ccccc67)cc5)c4)cccc23)cc1.c1ccc(-c2cccc3c2oc2c(-c4cccc(-c5ccc(N(c6ccccc6)c6ccc(-c7cccc8ccccc78)cc6)cc5)c4)cccc23)cc1. The first-order valence-electron chi connectivity index (χ1n) is 36.2. The van der Waals surface area contributed by atoms with E-state index in [0.29, 0.717) is 0 Å². The molecule has 4 nitrogen and oxygen atoms in total. The van der Waals surface area contributed by atoms with Crippen LogP contribution in [0.1, 0.15) is 0 Å². The quantitative estimate of drug-likeness (QED) is 0.115. The lowest BCUT2D eigenvalue weighted by atomic mass is 9.97. The second-order valence-electron chi connectivity index (χ2n) is 27.0. The zero-order chi connectivity index (χ0) is 70.3. The van der Waals surface area contributed by atoms with Crippen LogP contribution in [0.5, 0.6) is 0 Å². The molecule has 2 heterocycles. The van der Waals surface area contributed by atoms with E-state index in [-0.39, 0.29) is 0 Å². The van der Waals surface area contributed by atoms with Crippen LogP contribution in [0.4, 0.5) is 34.1 Å². The van der Waals surface area contributed by atoms with Crippen LogP contribution >= 0.6 is 0 Å². The van der Waals surface area contributed by atoms with Gasteiger partial charge in [-0.05, 0) is 150 Å². The Kier molecular flexibility index (Phi) is 16.2. The van der Waals surface area contributed by atoms with Gasteiger partial charge in [0.25, 0.3) is 0 Å². The van der Waals surface area contributed by atoms with Crippen molar-refractivity contribution in [2.75, 3.05) is 9.80 Å². The highest BCUT2D eigenvalue weighted by Gasteiger charge is 2.22. The molecule has 0 bridgehead atoms. The van der Waals surface area contributed by atoms with Crippen molar-refractivity contribution in [1.82, 2.24) is 0 Å². The van der Waals surface area contributed by atoms with Gasteiger partial charge in [0, 0.05) is 77.3 Å². The number of nitrogens with zero attached hydrogens (tertiary/aromatic N) is 2. The highest BCUT2D eigenvalue weighted by Crippen LogP contribution is 2.47. The van der Waals surface area contributed by atoms with Gasteiger partial charge < -0.3 is 18.6 Å². The fraction of sp³-hybridized carbons (Fsp3) is 0. The third-order valence-electron chi connectivity index (χ3n) is 20.7. The van der Waals surface area contributed by atoms with Crippen LogP contribution in [0.3, 0.4) is 0 Å². The van der Waals surface area contributed by atoms with Gasteiger partial charge in [0.2, 0.25) is 0 Å². The van der Waals surface area contributed by atoms with E-state index in [0.717, 1.165) is 145 Å². The molecule has 0 aliphatic carbocycles. The molecule has 0 atom stereocenters. The fourth-order valence-electron chi connectivity index (χ4n) is 15.6. The summed E-state index contributed by atoms with van der Waals surface area (Å²) in [5.74, 6) is 0. The van der Waals surface area contributed by atoms with Crippen LogP contribution in [0.2, 0.25) is 0 Å². The number of fused-ring (bicyclic) bond motifs is 9. The first kappa shape index (κ1) is 62.9. The summed E-state index contributed by atoms with van der Waals surface area (Å²) in [5, 5.41) is 11.9. The smallest absolute Gasteiger partial charge is 0.143 e. The van der Waals surface area contributed by atoms with E-state index < -0.39 is 0 Å². The zero-order valence-corrected chi connectivity index (χ0v) is 58.0. The van der Waals surface area contributed by atoms with Crippen molar-refractivity contribution in [3.05, 3.63) is 413 Å². The Bertz CT molecular complexity index is 6520. The van der Waals surface area contributed by atoms with Crippen molar-refractivity contribution in [3.8, 4) is 77.9 Å². The van der Waals surface area contributed by atoms with Gasteiger partial charge in [0.1, 0.15) is 22.3 Å². The summed E-state index contributed by atoms with van der Waals surface area (Å²) in [7, 11) is 0. The van der Waals surface area contributed by atoms with E-state index in [2.05, 4.69) is 410 Å². The van der Waals surface area contributed by atoms with Gasteiger partial charge in [-0.1, -0.05) is 340 Å². The summed E-state index contributed by atoms with van der Waals surface area (Å²) in [6.45, 7) is 0. The maximum Gasteiger partial charge on any atom is 0.143 e. The average Bonchev–Trinajstić information content (AvgIpc) is 1.67. The zero-order valence-electron chi connectivity index (χ0n) is 58.0. The predicted molar refractivity (Wildman–Crippen MR) is 447 cm³/mol. The Morgan fingerprint density at radius 3 is 0.849 bits per heavy atom. The summed E-state index contributed by atoms with van der Waals surface area (Å²) in [6, 6.07) is 147. The number of rotatable bonds is 13. The summed E-state index contributed by atoms with van der Waals surface area (Å²) in [6.07, 6.45) is 0. The molecule has 0 N–H and O–H groups in total. The minimum atomic E-state index is 0.911. The second kappa shape index (κ2) is 27.4. The molecule has 0 saturated heterocycles. The molecule has 20 aromatic rings. The third kappa shape index (κ3) is 11.7. The highest BCUT2D eigenvalue weighted by atomic mass is 16.3. The van der Waals surface area contributed by atoms with Crippen LogP contribution < -0.4 is 9.80 Å². The Hall–Kier alpha value is -14.1. The summed E-state index contributed by atoms with van der Waals surface area (Å²) in [5.41, 5.74) is 26.4. The summed E-state index contributed by atoms with van der Waals surface area (Å²) in [4.78, 5) is 4.72. The second-order valence-corrected chi connectivity index (χ2v) is 27.0. The van der Waals surface area contributed by atoms with E-state index in [4.69, 9.17) is 8.83 Å². The molecule has 0 unspecified atom stereocenters. The van der Waals surface area contributed by atoms with Crippen molar-refractivity contribution in [2.45, 2.75) is 0 Å². The highest BCUT2D eigenvalue weighted by molar-refractivity contribution is 6.15. The molecule has 4 heteroatoms. The number of anilines is 6. The summed E-state index contributed by atoms with van der Waals surface area (Å²) >= 11 is 0. The first-order chi connectivity index (χ1) is 52.6. The van der Waals surface area contributed by atoms with Crippen molar-refractivity contribution >= 4 is 110 Å². The lowest BCUT2D eigenvalue weighted by Crippen LogP contribution is -2.11.